The summed E-state index contributed by atoms with van der Waals surface area (Å²) >= 11 is 0. The maximum absolute atomic E-state index is 12.2. The third-order valence-corrected chi connectivity index (χ3v) is 6.63. The monoisotopic (exact) mass is 484 g/mol. The molecule has 0 aliphatic rings. The molecule has 4 rings (SSSR count). The number of imidazole rings is 1. The zero-order valence-electron chi connectivity index (χ0n) is 21.3. The van der Waals surface area contributed by atoms with E-state index in [0.29, 0.717) is 24.6 Å². The second-order valence-electron chi connectivity index (χ2n) is 9.20. The van der Waals surface area contributed by atoms with E-state index in [9.17, 15) is 4.79 Å². The van der Waals surface area contributed by atoms with E-state index in [4.69, 9.17) is 9.72 Å². The zero-order chi connectivity index (χ0) is 25.2. The van der Waals surface area contributed by atoms with E-state index >= 15 is 0 Å². The fourth-order valence-corrected chi connectivity index (χ4v) is 4.30. The van der Waals surface area contributed by atoms with E-state index in [-0.39, 0.29) is 5.91 Å². The van der Waals surface area contributed by atoms with Gasteiger partial charge in [-0.1, -0.05) is 38.1 Å². The number of benzene rings is 2. The number of para-hydroxylation sites is 2. The molecule has 0 bridgehead atoms. The molecule has 188 valence electrons. The molecule has 2 heterocycles. The van der Waals surface area contributed by atoms with Gasteiger partial charge in [0.25, 0.3) is 5.91 Å². The van der Waals surface area contributed by atoms with Crippen LogP contribution < -0.4 is 10.1 Å². The number of aryl methyl sites for hydroxylation is 2. The Morgan fingerprint density at radius 2 is 1.86 bits per heavy atom. The maximum atomic E-state index is 12.2. The smallest absolute Gasteiger partial charge is 0.252 e. The highest BCUT2D eigenvalue weighted by atomic mass is 16.5. The van der Waals surface area contributed by atoms with Crippen molar-refractivity contribution in [1.82, 2.24) is 19.9 Å². The van der Waals surface area contributed by atoms with Crippen molar-refractivity contribution < 1.29 is 9.53 Å². The van der Waals surface area contributed by atoms with Gasteiger partial charge >= 0.3 is 0 Å². The van der Waals surface area contributed by atoms with E-state index in [1.165, 1.54) is 5.56 Å². The molecular formula is C30H36N4O2. The van der Waals surface area contributed by atoms with Crippen molar-refractivity contribution in [2.24, 2.45) is 0 Å². The predicted octanol–water partition coefficient (Wildman–Crippen LogP) is 6.17. The lowest BCUT2D eigenvalue weighted by molar-refractivity contribution is 0.0952. The number of aromatic nitrogens is 3. The Labute approximate surface area is 213 Å². The summed E-state index contributed by atoms with van der Waals surface area (Å²) in [6.45, 7) is 6.66. The Balaban J connectivity index is 1.26. The number of amides is 1. The van der Waals surface area contributed by atoms with Crippen LogP contribution in [0.3, 0.4) is 0 Å². The largest absolute Gasteiger partial charge is 0.494 e. The molecular weight excluding hydrogens is 448 g/mol. The van der Waals surface area contributed by atoms with E-state index in [2.05, 4.69) is 71.2 Å². The van der Waals surface area contributed by atoms with Crippen LogP contribution in [0.2, 0.25) is 0 Å². The van der Waals surface area contributed by atoms with E-state index in [1.54, 1.807) is 24.5 Å². The van der Waals surface area contributed by atoms with Gasteiger partial charge in [0.05, 0.1) is 23.2 Å². The highest BCUT2D eigenvalue weighted by Gasteiger charge is 2.11. The van der Waals surface area contributed by atoms with Crippen LogP contribution in [0.4, 0.5) is 0 Å². The van der Waals surface area contributed by atoms with Crippen molar-refractivity contribution in [1.29, 1.82) is 0 Å². The number of hydrogen-bond acceptors (Lipinski definition) is 4. The predicted molar refractivity (Wildman–Crippen MR) is 145 cm³/mol. The lowest BCUT2D eigenvalue weighted by Crippen LogP contribution is -2.25. The molecule has 6 heteroatoms. The van der Waals surface area contributed by atoms with Crippen LogP contribution in [0, 0.1) is 0 Å². The number of ether oxygens (including phenoxy) is 1. The van der Waals surface area contributed by atoms with Gasteiger partial charge in [0.15, 0.2) is 0 Å². The van der Waals surface area contributed by atoms with Gasteiger partial charge in [-0.25, -0.2) is 4.98 Å². The molecule has 1 atom stereocenters. The Kier molecular flexibility index (Phi) is 9.09. The lowest BCUT2D eigenvalue weighted by Gasteiger charge is -2.12. The molecule has 0 radical (unpaired) electrons. The first kappa shape index (κ1) is 25.4. The molecule has 1 N–H and O–H groups in total. The number of carbonyl (C=O) groups excluding carboxylic acids is 1. The molecule has 0 fully saturated rings. The Morgan fingerprint density at radius 1 is 1.03 bits per heavy atom. The van der Waals surface area contributed by atoms with Gasteiger partial charge < -0.3 is 14.6 Å². The van der Waals surface area contributed by atoms with Crippen LogP contribution >= 0.6 is 0 Å². The third-order valence-electron chi connectivity index (χ3n) is 6.63. The van der Waals surface area contributed by atoms with Crippen molar-refractivity contribution in [3.05, 3.63) is 90.0 Å². The number of nitrogens with zero attached hydrogens (tertiary/aromatic N) is 3. The van der Waals surface area contributed by atoms with Gasteiger partial charge in [0, 0.05) is 31.9 Å². The van der Waals surface area contributed by atoms with Crippen LogP contribution in [0.15, 0.2) is 73.1 Å². The topological polar surface area (TPSA) is 69.0 Å². The van der Waals surface area contributed by atoms with Gasteiger partial charge in [-0.3, -0.25) is 9.78 Å². The molecule has 0 aliphatic carbocycles. The minimum Gasteiger partial charge on any atom is -0.494 e. The summed E-state index contributed by atoms with van der Waals surface area (Å²) in [5.74, 6) is 2.49. The molecule has 1 amide bonds. The quantitative estimate of drug-likeness (QED) is 0.231. The van der Waals surface area contributed by atoms with E-state index in [1.807, 2.05) is 6.07 Å². The van der Waals surface area contributed by atoms with E-state index in [0.717, 1.165) is 61.3 Å². The average molecular weight is 485 g/mol. The highest BCUT2D eigenvalue weighted by molar-refractivity contribution is 5.93. The lowest BCUT2D eigenvalue weighted by atomic mass is 9.99. The number of unbranched alkanes of at least 4 members (excludes halogenated alkanes) is 1. The summed E-state index contributed by atoms with van der Waals surface area (Å²) in [7, 11) is 0. The van der Waals surface area contributed by atoms with Crippen LogP contribution in [0.25, 0.3) is 11.0 Å². The van der Waals surface area contributed by atoms with Gasteiger partial charge in [-0.05, 0) is 73.6 Å². The number of hydrogen-bond donors (Lipinski definition) is 1. The minimum atomic E-state index is -0.0916. The van der Waals surface area contributed by atoms with Crippen molar-refractivity contribution >= 4 is 16.9 Å². The van der Waals surface area contributed by atoms with E-state index < -0.39 is 0 Å². The summed E-state index contributed by atoms with van der Waals surface area (Å²) in [5, 5.41) is 2.98. The van der Waals surface area contributed by atoms with Crippen molar-refractivity contribution in [2.75, 3.05) is 13.2 Å². The Hall–Kier alpha value is -3.67. The molecule has 0 aliphatic heterocycles. The second-order valence-corrected chi connectivity index (χ2v) is 9.20. The molecule has 0 saturated heterocycles. The normalized spacial score (nSPS) is 11.9. The third kappa shape index (κ3) is 6.72. The van der Waals surface area contributed by atoms with Crippen LogP contribution in [-0.2, 0) is 13.0 Å². The molecule has 4 aromatic rings. The van der Waals surface area contributed by atoms with Crippen LogP contribution in [0.5, 0.6) is 5.75 Å². The van der Waals surface area contributed by atoms with Gasteiger partial charge in [0.1, 0.15) is 11.6 Å². The molecule has 1 unspecified atom stereocenters. The average Bonchev–Trinajstić information content (AvgIpc) is 3.28. The fraction of sp³-hybridized carbons (Fsp3) is 0.367. The van der Waals surface area contributed by atoms with Crippen molar-refractivity contribution in [3.63, 3.8) is 0 Å². The van der Waals surface area contributed by atoms with Gasteiger partial charge in [-0.2, -0.15) is 0 Å². The fourth-order valence-electron chi connectivity index (χ4n) is 4.30. The first-order chi connectivity index (χ1) is 17.7. The summed E-state index contributed by atoms with van der Waals surface area (Å²) in [4.78, 5) is 21.1. The Bertz CT molecular complexity index is 1240. The molecule has 6 nitrogen and oxygen atoms in total. The summed E-state index contributed by atoms with van der Waals surface area (Å²) in [6.07, 6.45) is 8.01. The molecule has 36 heavy (non-hydrogen) atoms. The molecule has 2 aromatic heterocycles. The van der Waals surface area contributed by atoms with Crippen molar-refractivity contribution in [2.45, 2.75) is 58.4 Å². The molecule has 2 aromatic carbocycles. The van der Waals surface area contributed by atoms with Gasteiger partial charge in [0.2, 0.25) is 0 Å². The Morgan fingerprint density at radius 3 is 2.64 bits per heavy atom. The first-order valence-electron chi connectivity index (χ1n) is 13.0. The minimum absolute atomic E-state index is 0.0916. The SMILES string of the molecule is CCC(C)c1ccc(OCCCCn2c(CCCNC(=O)c3cccnc3)nc3ccccc32)cc1. The number of carbonyl (C=O) groups is 1. The number of nitrogens with one attached hydrogen (secondary N) is 1. The molecule has 0 saturated carbocycles. The summed E-state index contributed by atoms with van der Waals surface area (Å²) in [5.41, 5.74) is 4.12. The zero-order valence-corrected chi connectivity index (χ0v) is 21.3. The summed E-state index contributed by atoms with van der Waals surface area (Å²) < 4.78 is 8.30. The number of pyridine rings is 1. The molecule has 0 spiro atoms. The highest BCUT2D eigenvalue weighted by Crippen LogP contribution is 2.22. The number of fused-ring (bicyclic) bond motifs is 1. The summed E-state index contributed by atoms with van der Waals surface area (Å²) in [6, 6.07) is 20.3. The first-order valence-corrected chi connectivity index (χ1v) is 13.0. The van der Waals surface area contributed by atoms with Crippen molar-refractivity contribution in [3.8, 4) is 5.75 Å². The van der Waals surface area contributed by atoms with Crippen LogP contribution in [-0.4, -0.2) is 33.6 Å². The maximum Gasteiger partial charge on any atom is 0.252 e. The van der Waals surface area contributed by atoms with Crippen LogP contribution in [0.1, 0.15) is 67.2 Å². The van der Waals surface area contributed by atoms with Gasteiger partial charge in [-0.15, -0.1) is 0 Å². The standard InChI is InChI=1S/C30H36N4O2/c1-3-23(2)24-14-16-26(17-15-24)36-21-7-6-20-34-28-12-5-4-11-27(28)33-29(34)13-9-19-32-30(35)25-10-8-18-31-22-25/h4-5,8,10-12,14-18,22-23H,3,6-7,9,13,19-21H2,1-2H3,(H,32,35). The number of rotatable bonds is 13. The second kappa shape index (κ2) is 12.9.